The molecule has 2 aliphatic rings. The summed E-state index contributed by atoms with van der Waals surface area (Å²) in [4.78, 5) is 14.6. The summed E-state index contributed by atoms with van der Waals surface area (Å²) in [5.74, 6) is 0.340. The summed E-state index contributed by atoms with van der Waals surface area (Å²) in [5, 5.41) is 2.55. The fourth-order valence-electron chi connectivity index (χ4n) is 3.50. The Morgan fingerprint density at radius 1 is 1.19 bits per heavy atom. The lowest BCUT2D eigenvalue weighted by atomic mass is 9.93. The van der Waals surface area contributed by atoms with Crippen molar-refractivity contribution in [1.82, 2.24) is 4.90 Å². The first kappa shape index (κ1) is 12.8. The van der Waals surface area contributed by atoms with Gasteiger partial charge in [-0.05, 0) is 34.7 Å². The highest BCUT2D eigenvalue weighted by atomic mass is 16.5. The van der Waals surface area contributed by atoms with Gasteiger partial charge in [-0.1, -0.05) is 36.4 Å². The van der Waals surface area contributed by atoms with E-state index >= 15 is 0 Å². The molecule has 21 heavy (non-hydrogen) atoms. The summed E-state index contributed by atoms with van der Waals surface area (Å²) >= 11 is 0. The molecular formula is C18H19NO2. The summed E-state index contributed by atoms with van der Waals surface area (Å²) in [6.07, 6.45) is 1.83. The number of hydrogen-bond acceptors (Lipinski definition) is 2. The van der Waals surface area contributed by atoms with Crippen molar-refractivity contribution < 1.29 is 9.53 Å². The Balaban J connectivity index is 1.67. The van der Waals surface area contributed by atoms with Crippen LogP contribution in [0.3, 0.4) is 0 Å². The molecule has 0 bridgehead atoms. The smallest absolute Gasteiger partial charge is 0.228 e. The number of ether oxygens (including phenoxy) is 1. The third kappa shape index (κ3) is 2.22. The molecule has 0 aliphatic carbocycles. The van der Waals surface area contributed by atoms with Gasteiger partial charge in [0.25, 0.3) is 0 Å². The van der Waals surface area contributed by atoms with Crippen molar-refractivity contribution >= 4 is 16.7 Å². The van der Waals surface area contributed by atoms with Crippen LogP contribution in [0.25, 0.3) is 10.8 Å². The van der Waals surface area contributed by atoms with Gasteiger partial charge in [0, 0.05) is 19.7 Å². The Hall–Kier alpha value is -1.87. The molecule has 0 spiro atoms. The van der Waals surface area contributed by atoms with E-state index in [0.29, 0.717) is 6.61 Å². The second-order valence-corrected chi connectivity index (χ2v) is 5.99. The zero-order chi connectivity index (χ0) is 14.2. The van der Waals surface area contributed by atoms with E-state index in [1.807, 2.05) is 4.90 Å². The molecule has 0 radical (unpaired) electrons. The van der Waals surface area contributed by atoms with Crippen molar-refractivity contribution in [3.8, 4) is 0 Å². The van der Waals surface area contributed by atoms with E-state index in [0.717, 1.165) is 32.5 Å². The molecule has 1 fully saturated rings. The van der Waals surface area contributed by atoms with Gasteiger partial charge >= 0.3 is 0 Å². The summed E-state index contributed by atoms with van der Waals surface area (Å²) < 4.78 is 5.36. The second kappa shape index (κ2) is 5.15. The number of rotatable bonds is 1. The van der Waals surface area contributed by atoms with Gasteiger partial charge in [-0.15, -0.1) is 0 Å². The lowest BCUT2D eigenvalue weighted by Crippen LogP contribution is -2.40. The fraction of sp³-hybridized carbons (Fsp3) is 0.389. The van der Waals surface area contributed by atoms with Crippen LogP contribution in [0, 0.1) is 5.92 Å². The Morgan fingerprint density at radius 2 is 2.10 bits per heavy atom. The zero-order valence-corrected chi connectivity index (χ0v) is 12.0. The lowest BCUT2D eigenvalue weighted by molar-refractivity contribution is -0.136. The Kier molecular flexibility index (Phi) is 3.15. The van der Waals surface area contributed by atoms with Crippen LogP contribution in [0.2, 0.25) is 0 Å². The van der Waals surface area contributed by atoms with E-state index in [-0.39, 0.29) is 11.8 Å². The molecule has 3 nitrogen and oxygen atoms in total. The van der Waals surface area contributed by atoms with E-state index in [1.54, 1.807) is 0 Å². The van der Waals surface area contributed by atoms with Gasteiger partial charge in [-0.25, -0.2) is 0 Å². The minimum atomic E-state index is 0.0709. The van der Waals surface area contributed by atoms with Gasteiger partial charge in [0.15, 0.2) is 0 Å². The zero-order valence-electron chi connectivity index (χ0n) is 12.0. The number of carbonyl (C=O) groups is 1. The minimum Gasteiger partial charge on any atom is -0.381 e. The maximum absolute atomic E-state index is 12.6. The third-order valence-corrected chi connectivity index (χ3v) is 4.73. The average molecular weight is 281 g/mol. The molecule has 4 rings (SSSR count). The van der Waals surface area contributed by atoms with Crippen molar-refractivity contribution in [2.24, 2.45) is 5.92 Å². The molecule has 2 heterocycles. The third-order valence-electron chi connectivity index (χ3n) is 4.73. The van der Waals surface area contributed by atoms with Crippen LogP contribution in [0.4, 0.5) is 0 Å². The monoisotopic (exact) mass is 281 g/mol. The molecule has 0 N–H and O–H groups in total. The molecular weight excluding hydrogens is 262 g/mol. The molecule has 3 heteroatoms. The highest BCUT2D eigenvalue weighted by Crippen LogP contribution is 2.29. The van der Waals surface area contributed by atoms with Crippen molar-refractivity contribution in [3.05, 3.63) is 47.5 Å². The van der Waals surface area contributed by atoms with Crippen molar-refractivity contribution in [2.45, 2.75) is 19.4 Å². The van der Waals surface area contributed by atoms with Crippen LogP contribution < -0.4 is 0 Å². The van der Waals surface area contributed by atoms with Crippen LogP contribution >= 0.6 is 0 Å². The molecule has 108 valence electrons. The second-order valence-electron chi connectivity index (χ2n) is 5.99. The summed E-state index contributed by atoms with van der Waals surface area (Å²) in [6.45, 7) is 2.90. The maximum Gasteiger partial charge on any atom is 0.228 e. The highest BCUT2D eigenvalue weighted by molar-refractivity contribution is 5.88. The van der Waals surface area contributed by atoms with Crippen LogP contribution in [0.15, 0.2) is 36.4 Å². The Labute approximate surface area is 124 Å². The van der Waals surface area contributed by atoms with Gasteiger partial charge < -0.3 is 9.64 Å². The average Bonchev–Trinajstić information content (AvgIpc) is 3.08. The summed E-state index contributed by atoms with van der Waals surface area (Å²) in [6, 6.07) is 12.9. The number of amides is 1. The van der Waals surface area contributed by atoms with Gasteiger partial charge in [-0.3, -0.25) is 4.79 Å². The molecule has 2 aliphatic heterocycles. The predicted octanol–water partition coefficient (Wildman–Crippen LogP) is 2.76. The predicted molar refractivity (Wildman–Crippen MR) is 82.0 cm³/mol. The van der Waals surface area contributed by atoms with Gasteiger partial charge in [-0.2, -0.15) is 0 Å². The van der Waals surface area contributed by atoms with Crippen LogP contribution in [-0.4, -0.2) is 30.6 Å². The van der Waals surface area contributed by atoms with Crippen LogP contribution in [0.1, 0.15) is 17.5 Å². The first-order chi connectivity index (χ1) is 10.3. The number of fused-ring (bicyclic) bond motifs is 3. The molecule has 2 aromatic carbocycles. The van der Waals surface area contributed by atoms with E-state index in [2.05, 4.69) is 36.4 Å². The molecule has 0 aromatic heterocycles. The normalized spacial score (nSPS) is 21.5. The maximum atomic E-state index is 12.6. The quantitative estimate of drug-likeness (QED) is 0.804. The standard InChI is InChI=1S/C18H19NO2/c20-18(15-8-10-21-12-15)19-9-7-14-6-5-13-3-1-2-4-16(13)17(14)11-19/h1-6,15H,7-12H2. The molecule has 1 atom stereocenters. The largest absolute Gasteiger partial charge is 0.381 e. The number of benzene rings is 2. The Morgan fingerprint density at radius 3 is 2.95 bits per heavy atom. The highest BCUT2D eigenvalue weighted by Gasteiger charge is 2.30. The number of nitrogens with zero attached hydrogens (tertiary/aromatic N) is 1. The van der Waals surface area contributed by atoms with Crippen molar-refractivity contribution in [2.75, 3.05) is 19.8 Å². The van der Waals surface area contributed by atoms with E-state index in [4.69, 9.17) is 4.74 Å². The Bertz CT molecular complexity index is 689. The molecule has 1 amide bonds. The molecule has 1 unspecified atom stereocenters. The minimum absolute atomic E-state index is 0.0709. The summed E-state index contributed by atoms with van der Waals surface area (Å²) in [7, 11) is 0. The number of carbonyl (C=O) groups excluding carboxylic acids is 1. The van der Waals surface area contributed by atoms with Crippen LogP contribution in [0.5, 0.6) is 0 Å². The molecule has 0 saturated carbocycles. The van der Waals surface area contributed by atoms with Crippen molar-refractivity contribution in [3.63, 3.8) is 0 Å². The molecule has 2 aromatic rings. The summed E-state index contributed by atoms with van der Waals surface area (Å²) in [5.41, 5.74) is 2.71. The lowest BCUT2D eigenvalue weighted by Gasteiger charge is -2.31. The van der Waals surface area contributed by atoms with E-state index < -0.39 is 0 Å². The topological polar surface area (TPSA) is 29.5 Å². The van der Waals surface area contributed by atoms with Gasteiger partial charge in [0.2, 0.25) is 5.91 Å². The first-order valence-electron chi connectivity index (χ1n) is 7.69. The van der Waals surface area contributed by atoms with Gasteiger partial charge in [0.1, 0.15) is 0 Å². The fourth-order valence-corrected chi connectivity index (χ4v) is 3.50. The van der Waals surface area contributed by atoms with Crippen molar-refractivity contribution in [1.29, 1.82) is 0 Å². The SMILES string of the molecule is O=C(C1CCOC1)N1CCc2ccc3ccccc3c2C1. The van der Waals surface area contributed by atoms with E-state index in [9.17, 15) is 4.79 Å². The first-order valence-corrected chi connectivity index (χ1v) is 7.69. The van der Waals surface area contributed by atoms with Gasteiger partial charge in [0.05, 0.1) is 12.5 Å². The molecule has 1 saturated heterocycles. The number of hydrogen-bond donors (Lipinski definition) is 0. The van der Waals surface area contributed by atoms with Crippen LogP contribution in [-0.2, 0) is 22.5 Å². The van der Waals surface area contributed by atoms with E-state index in [1.165, 1.54) is 21.9 Å².